The predicted octanol–water partition coefficient (Wildman–Crippen LogP) is 3.45. The minimum absolute atomic E-state index is 0.126. The van der Waals surface area contributed by atoms with Gasteiger partial charge >= 0.3 is 0 Å². The summed E-state index contributed by atoms with van der Waals surface area (Å²) >= 11 is 7.62. The van der Waals surface area contributed by atoms with Gasteiger partial charge in [0.1, 0.15) is 0 Å². The molecule has 3 heterocycles. The Morgan fingerprint density at radius 2 is 2.28 bits per heavy atom. The molecule has 0 radical (unpaired) electrons. The number of benzene rings is 1. The SMILES string of the molecule is CN(Cc1ccc2c(c1)OCO2)C(=O)/C=C/c1c(Cl)nc2sccn12. The van der Waals surface area contributed by atoms with Crippen molar-refractivity contribution in [3.05, 3.63) is 52.3 Å². The standard InChI is InChI=1S/C17H14ClN3O3S/c1-20(9-11-2-4-13-14(8-11)24-10-23-13)15(22)5-3-12-16(18)19-17-21(12)6-7-25-17/h2-8H,9-10H2,1H3/b5-3+. The molecular weight excluding hydrogens is 362 g/mol. The fraction of sp³-hybridized carbons (Fsp3) is 0.176. The Hall–Kier alpha value is -2.51. The van der Waals surface area contributed by atoms with Crippen LogP contribution in [0.15, 0.2) is 35.9 Å². The van der Waals surface area contributed by atoms with Crippen LogP contribution in [0.5, 0.6) is 11.5 Å². The summed E-state index contributed by atoms with van der Waals surface area (Å²) in [7, 11) is 1.75. The van der Waals surface area contributed by atoms with Gasteiger partial charge in [-0.2, -0.15) is 0 Å². The van der Waals surface area contributed by atoms with E-state index in [1.54, 1.807) is 18.0 Å². The number of fused-ring (bicyclic) bond motifs is 2. The number of hydrogen-bond donors (Lipinski definition) is 0. The second-order valence-electron chi connectivity index (χ2n) is 5.56. The Morgan fingerprint density at radius 3 is 3.16 bits per heavy atom. The lowest BCUT2D eigenvalue weighted by Gasteiger charge is -2.15. The Labute approximate surface area is 152 Å². The lowest BCUT2D eigenvalue weighted by Crippen LogP contribution is -2.24. The summed E-state index contributed by atoms with van der Waals surface area (Å²) in [6.07, 6.45) is 5.06. The van der Waals surface area contributed by atoms with Crippen LogP contribution in [0.25, 0.3) is 11.0 Å². The Bertz CT molecular complexity index is 979. The molecule has 128 valence electrons. The van der Waals surface area contributed by atoms with E-state index in [-0.39, 0.29) is 12.7 Å². The second kappa shape index (κ2) is 6.42. The van der Waals surface area contributed by atoms with Gasteiger partial charge in [-0.1, -0.05) is 17.7 Å². The molecule has 1 aliphatic rings. The van der Waals surface area contributed by atoms with E-state index in [0.717, 1.165) is 16.3 Å². The molecular formula is C17H14ClN3O3S. The van der Waals surface area contributed by atoms with Crippen molar-refractivity contribution in [2.45, 2.75) is 6.54 Å². The van der Waals surface area contributed by atoms with Crippen LogP contribution in [0.4, 0.5) is 0 Å². The van der Waals surface area contributed by atoms with Crippen molar-refractivity contribution in [2.75, 3.05) is 13.8 Å². The molecule has 0 saturated carbocycles. The van der Waals surface area contributed by atoms with Crippen LogP contribution in [0, 0.1) is 0 Å². The zero-order chi connectivity index (χ0) is 17.4. The van der Waals surface area contributed by atoms with Crippen LogP contribution in [-0.2, 0) is 11.3 Å². The van der Waals surface area contributed by atoms with Crippen LogP contribution in [-0.4, -0.2) is 34.0 Å². The van der Waals surface area contributed by atoms with E-state index in [0.29, 0.717) is 23.1 Å². The number of hydrogen-bond acceptors (Lipinski definition) is 5. The molecule has 0 fully saturated rings. The third-order valence-corrected chi connectivity index (χ3v) is 4.91. The Kier molecular flexibility index (Phi) is 4.10. The molecule has 1 aromatic carbocycles. The van der Waals surface area contributed by atoms with Crippen LogP contribution in [0.2, 0.25) is 5.15 Å². The number of imidazole rings is 1. The monoisotopic (exact) mass is 375 g/mol. The average molecular weight is 376 g/mol. The van der Waals surface area contributed by atoms with Gasteiger partial charge in [0.2, 0.25) is 12.7 Å². The smallest absolute Gasteiger partial charge is 0.246 e. The number of nitrogens with zero attached hydrogens (tertiary/aromatic N) is 3. The molecule has 0 unspecified atom stereocenters. The molecule has 3 aromatic rings. The first kappa shape index (κ1) is 16.0. The third kappa shape index (κ3) is 3.08. The zero-order valence-corrected chi connectivity index (χ0v) is 14.9. The van der Waals surface area contributed by atoms with Gasteiger partial charge < -0.3 is 14.4 Å². The van der Waals surface area contributed by atoms with E-state index in [9.17, 15) is 4.79 Å². The van der Waals surface area contributed by atoms with Gasteiger partial charge in [-0.3, -0.25) is 9.20 Å². The van der Waals surface area contributed by atoms with Crippen LogP contribution >= 0.6 is 22.9 Å². The van der Waals surface area contributed by atoms with Crippen molar-refractivity contribution >= 4 is 39.9 Å². The summed E-state index contributed by atoms with van der Waals surface area (Å²) in [6.45, 7) is 0.702. The molecule has 0 saturated heterocycles. The molecule has 0 bridgehead atoms. The van der Waals surface area contributed by atoms with Crippen molar-refractivity contribution in [3.8, 4) is 11.5 Å². The van der Waals surface area contributed by atoms with Crippen molar-refractivity contribution < 1.29 is 14.3 Å². The maximum atomic E-state index is 12.4. The lowest BCUT2D eigenvalue weighted by atomic mass is 10.2. The first-order valence-electron chi connectivity index (χ1n) is 7.54. The number of likely N-dealkylation sites (N-methyl/N-ethyl adjacent to an activating group) is 1. The van der Waals surface area contributed by atoms with Gasteiger partial charge in [0, 0.05) is 31.2 Å². The highest BCUT2D eigenvalue weighted by molar-refractivity contribution is 7.15. The maximum Gasteiger partial charge on any atom is 0.246 e. The molecule has 2 aromatic heterocycles. The topological polar surface area (TPSA) is 56.1 Å². The first-order chi connectivity index (χ1) is 12.1. The van der Waals surface area contributed by atoms with Crippen LogP contribution in [0.3, 0.4) is 0 Å². The number of carbonyl (C=O) groups is 1. The number of amides is 1. The minimum atomic E-state index is -0.126. The van der Waals surface area contributed by atoms with Gasteiger partial charge in [-0.05, 0) is 23.8 Å². The highest BCUT2D eigenvalue weighted by atomic mass is 35.5. The fourth-order valence-corrected chi connectivity index (χ4v) is 3.60. The summed E-state index contributed by atoms with van der Waals surface area (Å²) in [5.41, 5.74) is 1.67. The minimum Gasteiger partial charge on any atom is -0.454 e. The highest BCUT2D eigenvalue weighted by Crippen LogP contribution is 2.32. The molecule has 25 heavy (non-hydrogen) atoms. The van der Waals surface area contributed by atoms with Crippen LogP contribution < -0.4 is 9.47 Å². The second-order valence-corrected chi connectivity index (χ2v) is 6.79. The van der Waals surface area contributed by atoms with Gasteiger partial charge in [0.05, 0.1) is 5.69 Å². The lowest BCUT2D eigenvalue weighted by molar-refractivity contribution is -0.125. The van der Waals surface area contributed by atoms with E-state index in [1.807, 2.05) is 34.2 Å². The number of carbonyl (C=O) groups excluding carboxylic acids is 1. The summed E-state index contributed by atoms with van der Waals surface area (Å²) in [5, 5.41) is 2.30. The van der Waals surface area contributed by atoms with Crippen molar-refractivity contribution in [1.29, 1.82) is 0 Å². The van der Waals surface area contributed by atoms with Gasteiger partial charge in [-0.25, -0.2) is 4.98 Å². The van der Waals surface area contributed by atoms with E-state index in [2.05, 4.69) is 4.98 Å². The molecule has 6 nitrogen and oxygen atoms in total. The molecule has 1 aliphatic heterocycles. The number of ether oxygens (including phenoxy) is 2. The van der Waals surface area contributed by atoms with E-state index in [4.69, 9.17) is 21.1 Å². The summed E-state index contributed by atoms with van der Waals surface area (Å²) in [5.74, 6) is 1.31. The van der Waals surface area contributed by atoms with Gasteiger partial charge in [-0.15, -0.1) is 11.3 Å². The summed E-state index contributed by atoms with van der Waals surface area (Å²) in [6, 6.07) is 5.66. The molecule has 0 spiro atoms. The fourth-order valence-electron chi connectivity index (χ4n) is 2.59. The predicted molar refractivity (Wildman–Crippen MR) is 96.2 cm³/mol. The number of halogens is 1. The van der Waals surface area contributed by atoms with E-state index in [1.165, 1.54) is 17.4 Å². The van der Waals surface area contributed by atoms with Gasteiger partial charge in [0.15, 0.2) is 21.6 Å². The molecule has 1 amide bonds. The number of thiazole rings is 1. The number of rotatable bonds is 4. The number of aromatic nitrogens is 2. The first-order valence-corrected chi connectivity index (χ1v) is 8.80. The maximum absolute atomic E-state index is 12.4. The molecule has 0 N–H and O–H groups in total. The molecule has 0 atom stereocenters. The van der Waals surface area contributed by atoms with Crippen molar-refractivity contribution in [2.24, 2.45) is 0 Å². The van der Waals surface area contributed by atoms with Crippen molar-refractivity contribution in [3.63, 3.8) is 0 Å². The zero-order valence-electron chi connectivity index (χ0n) is 13.3. The molecule has 8 heteroatoms. The van der Waals surface area contributed by atoms with E-state index < -0.39 is 0 Å². The Balaban J connectivity index is 1.47. The molecule has 0 aliphatic carbocycles. The molecule has 4 rings (SSSR count). The van der Waals surface area contributed by atoms with Crippen molar-refractivity contribution in [1.82, 2.24) is 14.3 Å². The highest BCUT2D eigenvalue weighted by Gasteiger charge is 2.15. The van der Waals surface area contributed by atoms with Gasteiger partial charge in [0.25, 0.3) is 0 Å². The third-order valence-electron chi connectivity index (χ3n) is 3.87. The van der Waals surface area contributed by atoms with Crippen LogP contribution in [0.1, 0.15) is 11.3 Å². The average Bonchev–Trinajstić information content (AvgIpc) is 3.28. The summed E-state index contributed by atoms with van der Waals surface area (Å²) in [4.78, 5) is 19.0. The summed E-state index contributed by atoms with van der Waals surface area (Å²) < 4.78 is 12.5. The normalized spacial score (nSPS) is 13.0. The quantitative estimate of drug-likeness (QED) is 0.655. The van der Waals surface area contributed by atoms with E-state index >= 15 is 0 Å². The largest absolute Gasteiger partial charge is 0.454 e. The Morgan fingerprint density at radius 1 is 1.44 bits per heavy atom.